The summed E-state index contributed by atoms with van der Waals surface area (Å²) < 4.78 is 50.2. The van der Waals surface area contributed by atoms with Gasteiger partial charge in [-0.05, 0) is 31.2 Å². The van der Waals surface area contributed by atoms with Gasteiger partial charge in [0.2, 0.25) is 10.0 Å². The normalized spacial score (nSPS) is 12.3. The quantitative estimate of drug-likeness (QED) is 0.722. The van der Waals surface area contributed by atoms with Crippen LogP contribution in [-0.2, 0) is 19.9 Å². The number of nitrogens with one attached hydrogen (secondary N) is 2. The van der Waals surface area contributed by atoms with Crippen LogP contribution in [0.25, 0.3) is 0 Å². The molecule has 0 saturated heterocycles. The summed E-state index contributed by atoms with van der Waals surface area (Å²) in [6.45, 7) is 2.26. The topological polar surface area (TPSA) is 92.3 Å². The fourth-order valence-electron chi connectivity index (χ4n) is 1.95. The smallest absolute Gasteiger partial charge is 0.250 e. The number of aryl methyl sites for hydroxylation is 1. The van der Waals surface area contributed by atoms with Gasteiger partial charge in [-0.3, -0.25) is 0 Å². The molecule has 0 aliphatic carbocycles. The second-order valence-corrected chi connectivity index (χ2v) is 10.2. The van der Waals surface area contributed by atoms with E-state index >= 15 is 0 Å². The third-order valence-corrected chi connectivity index (χ3v) is 7.11. The minimum atomic E-state index is -3.52. The number of sulfonamides is 1. The molecule has 1 heterocycles. The first-order chi connectivity index (χ1) is 10.7. The maximum atomic E-state index is 12.1. The molecule has 1 aromatic carbocycles. The van der Waals surface area contributed by atoms with Gasteiger partial charge in [0.05, 0.1) is 10.6 Å². The number of para-hydroxylation sites is 1. The number of hydrogen-bond acceptors (Lipinski definition) is 6. The van der Waals surface area contributed by atoms with E-state index in [4.69, 9.17) is 0 Å². The third-order valence-electron chi connectivity index (χ3n) is 3.00. The van der Waals surface area contributed by atoms with Crippen LogP contribution in [0.1, 0.15) is 4.88 Å². The molecule has 0 bridgehead atoms. The van der Waals surface area contributed by atoms with Crippen molar-refractivity contribution in [1.29, 1.82) is 0 Å². The minimum Gasteiger partial charge on any atom is -0.383 e. The molecule has 0 radical (unpaired) electrons. The van der Waals surface area contributed by atoms with Crippen molar-refractivity contribution >= 4 is 36.9 Å². The lowest BCUT2D eigenvalue weighted by Crippen LogP contribution is -2.28. The van der Waals surface area contributed by atoms with Gasteiger partial charge in [0.25, 0.3) is 0 Å². The average Bonchev–Trinajstić information content (AvgIpc) is 2.90. The van der Waals surface area contributed by atoms with Crippen molar-refractivity contribution in [2.75, 3.05) is 24.7 Å². The van der Waals surface area contributed by atoms with E-state index in [9.17, 15) is 16.8 Å². The molecule has 126 valence electrons. The molecule has 6 nitrogen and oxygen atoms in total. The second-order valence-electron chi connectivity index (χ2n) is 4.96. The first-order valence-corrected chi connectivity index (χ1v) is 11.0. The van der Waals surface area contributed by atoms with Gasteiger partial charge in [0, 0.05) is 24.2 Å². The van der Waals surface area contributed by atoms with Gasteiger partial charge in [0.15, 0.2) is 9.84 Å². The molecule has 23 heavy (non-hydrogen) atoms. The number of anilines is 1. The molecule has 0 amide bonds. The summed E-state index contributed by atoms with van der Waals surface area (Å²) in [5.41, 5.74) is 0.459. The summed E-state index contributed by atoms with van der Waals surface area (Å²) >= 11 is 1.20. The highest BCUT2D eigenvalue weighted by Gasteiger charge is 2.16. The van der Waals surface area contributed by atoms with Crippen LogP contribution in [0, 0.1) is 6.92 Å². The Hall–Kier alpha value is -1.42. The van der Waals surface area contributed by atoms with Crippen LogP contribution >= 0.6 is 11.3 Å². The van der Waals surface area contributed by atoms with E-state index < -0.39 is 19.9 Å². The van der Waals surface area contributed by atoms with E-state index in [0.29, 0.717) is 5.69 Å². The van der Waals surface area contributed by atoms with Crippen LogP contribution in [0.3, 0.4) is 0 Å². The highest BCUT2D eigenvalue weighted by molar-refractivity contribution is 7.91. The monoisotopic (exact) mass is 374 g/mol. The molecular formula is C14H18N2O4S3. The lowest BCUT2D eigenvalue weighted by Gasteiger charge is -2.11. The predicted molar refractivity (Wildman–Crippen MR) is 92.3 cm³/mol. The van der Waals surface area contributed by atoms with Gasteiger partial charge >= 0.3 is 0 Å². The van der Waals surface area contributed by atoms with Crippen molar-refractivity contribution in [3.8, 4) is 0 Å². The molecule has 0 atom stereocenters. The minimum absolute atomic E-state index is 0.150. The largest absolute Gasteiger partial charge is 0.383 e. The Balaban J connectivity index is 1.97. The zero-order chi connectivity index (χ0) is 17.1. The average molecular weight is 375 g/mol. The Morgan fingerprint density at radius 2 is 1.70 bits per heavy atom. The van der Waals surface area contributed by atoms with Crippen molar-refractivity contribution in [3.63, 3.8) is 0 Å². The van der Waals surface area contributed by atoms with E-state index in [0.717, 1.165) is 11.1 Å². The highest BCUT2D eigenvalue weighted by atomic mass is 32.2. The fraction of sp³-hybridized carbons (Fsp3) is 0.286. The van der Waals surface area contributed by atoms with Crippen LogP contribution < -0.4 is 10.0 Å². The van der Waals surface area contributed by atoms with Gasteiger partial charge < -0.3 is 5.32 Å². The van der Waals surface area contributed by atoms with Crippen LogP contribution in [0.2, 0.25) is 0 Å². The molecule has 0 unspecified atom stereocenters. The molecule has 2 rings (SSSR count). The lowest BCUT2D eigenvalue weighted by molar-refractivity contribution is 0.584. The Morgan fingerprint density at radius 1 is 1.00 bits per heavy atom. The summed E-state index contributed by atoms with van der Waals surface area (Å²) in [4.78, 5) is 1.11. The first-order valence-electron chi connectivity index (χ1n) is 6.79. The Labute approximate surface area is 140 Å². The Bertz CT molecular complexity index is 886. The molecule has 0 spiro atoms. The Morgan fingerprint density at radius 3 is 2.30 bits per heavy atom. The predicted octanol–water partition coefficient (Wildman–Crippen LogP) is 1.85. The van der Waals surface area contributed by atoms with Crippen molar-refractivity contribution < 1.29 is 16.8 Å². The second kappa shape index (κ2) is 7.00. The van der Waals surface area contributed by atoms with Crippen LogP contribution in [-0.4, -0.2) is 36.2 Å². The number of benzene rings is 1. The van der Waals surface area contributed by atoms with E-state index in [2.05, 4.69) is 10.0 Å². The van der Waals surface area contributed by atoms with Gasteiger partial charge in [-0.2, -0.15) is 0 Å². The van der Waals surface area contributed by atoms with Crippen molar-refractivity contribution in [3.05, 3.63) is 41.3 Å². The summed E-state index contributed by atoms with van der Waals surface area (Å²) in [6.07, 6.45) is 1.13. The number of rotatable bonds is 7. The van der Waals surface area contributed by atoms with E-state index in [1.165, 1.54) is 17.4 Å². The zero-order valence-corrected chi connectivity index (χ0v) is 15.2. The maximum absolute atomic E-state index is 12.1. The van der Waals surface area contributed by atoms with Gasteiger partial charge in [0.1, 0.15) is 4.21 Å². The van der Waals surface area contributed by atoms with Crippen LogP contribution in [0.15, 0.2) is 45.5 Å². The SMILES string of the molecule is Cc1ccc(S(=O)(=O)NCCNc2ccccc2S(C)(=O)=O)s1. The van der Waals surface area contributed by atoms with Gasteiger partial charge in [-0.15, -0.1) is 11.3 Å². The summed E-state index contributed by atoms with van der Waals surface area (Å²) in [5, 5.41) is 2.95. The summed E-state index contributed by atoms with van der Waals surface area (Å²) in [6, 6.07) is 9.83. The molecule has 9 heteroatoms. The first kappa shape index (κ1) is 17.9. The molecule has 0 aliphatic rings. The molecule has 0 saturated carbocycles. The molecule has 0 fully saturated rings. The molecule has 2 aromatic rings. The van der Waals surface area contributed by atoms with Crippen molar-refractivity contribution in [2.45, 2.75) is 16.0 Å². The number of thiophene rings is 1. The van der Waals surface area contributed by atoms with Gasteiger partial charge in [-0.25, -0.2) is 21.6 Å². The molecule has 2 N–H and O–H groups in total. The summed E-state index contributed by atoms with van der Waals surface area (Å²) in [5.74, 6) is 0. The molecule has 0 aliphatic heterocycles. The maximum Gasteiger partial charge on any atom is 0.250 e. The molecular weight excluding hydrogens is 356 g/mol. The Kier molecular flexibility index (Phi) is 5.45. The number of hydrogen-bond donors (Lipinski definition) is 2. The third kappa shape index (κ3) is 4.77. The van der Waals surface area contributed by atoms with E-state index in [1.807, 2.05) is 6.92 Å². The van der Waals surface area contributed by atoms with E-state index in [-0.39, 0.29) is 22.2 Å². The molecule has 1 aromatic heterocycles. The van der Waals surface area contributed by atoms with Gasteiger partial charge in [-0.1, -0.05) is 12.1 Å². The fourth-order valence-corrected chi connectivity index (χ4v) is 5.17. The van der Waals surface area contributed by atoms with E-state index in [1.54, 1.807) is 30.3 Å². The highest BCUT2D eigenvalue weighted by Crippen LogP contribution is 2.21. The lowest BCUT2D eigenvalue weighted by atomic mass is 10.3. The summed E-state index contributed by atoms with van der Waals surface area (Å²) in [7, 11) is -6.86. The van der Waals surface area contributed by atoms with Crippen molar-refractivity contribution in [1.82, 2.24) is 4.72 Å². The van der Waals surface area contributed by atoms with Crippen LogP contribution in [0.4, 0.5) is 5.69 Å². The van der Waals surface area contributed by atoms with Crippen molar-refractivity contribution in [2.24, 2.45) is 0 Å². The number of sulfone groups is 1. The van der Waals surface area contributed by atoms with Crippen LogP contribution in [0.5, 0.6) is 0 Å². The standard InChI is InChI=1S/C14H18N2O4S3/c1-11-7-8-14(21-11)23(19,20)16-10-9-15-12-5-3-4-6-13(12)22(2,17)18/h3-8,15-16H,9-10H2,1-2H3. The zero-order valence-electron chi connectivity index (χ0n) is 12.7.